The molecule has 2 fully saturated rings. The average Bonchev–Trinajstić information content (AvgIpc) is 2.39. The van der Waals surface area contributed by atoms with Gasteiger partial charge in [0.2, 0.25) is 0 Å². The molecule has 0 amide bonds. The van der Waals surface area contributed by atoms with Crippen LogP contribution in [0.25, 0.3) is 0 Å². The number of hydrogen-bond acceptors (Lipinski definition) is 3. The molecular weight excluding hydrogens is 242 g/mol. The fourth-order valence-corrected chi connectivity index (χ4v) is 3.43. The zero-order valence-corrected chi connectivity index (χ0v) is 12.2. The zero-order chi connectivity index (χ0) is 13.9. The topological polar surface area (TPSA) is 63.1 Å². The molecule has 0 radical (unpaired) electrons. The van der Waals surface area contributed by atoms with Gasteiger partial charge in [0.05, 0.1) is 25.1 Å². The Hall–Kier alpha value is -0.610. The van der Waals surface area contributed by atoms with E-state index in [1.54, 1.807) is 0 Å². The maximum atomic E-state index is 12.3. The Bertz CT molecular complexity index is 311. The molecule has 0 aromatic rings. The van der Waals surface area contributed by atoms with Crippen molar-refractivity contribution in [2.75, 3.05) is 13.1 Å². The highest BCUT2D eigenvalue weighted by atomic mass is 16.6. The van der Waals surface area contributed by atoms with E-state index < -0.39 is 0 Å². The lowest BCUT2D eigenvalue weighted by molar-refractivity contribution is -0.665. The molecule has 2 aliphatic rings. The highest BCUT2D eigenvalue weighted by molar-refractivity contribution is 5.73. The first-order valence-corrected chi connectivity index (χ1v) is 7.71. The van der Waals surface area contributed by atoms with E-state index in [0.717, 1.165) is 45.2 Å². The maximum absolute atomic E-state index is 12.3. The molecule has 1 aliphatic heterocycles. The number of aliphatic hydroxyl groups is 1. The normalized spacial score (nSPS) is 30.1. The number of hydrogen-bond donors (Lipinski definition) is 2. The highest BCUT2D eigenvalue weighted by Gasteiger charge is 2.37. The van der Waals surface area contributed by atoms with E-state index in [4.69, 9.17) is 4.74 Å². The molecular formula is C15H28NO3+. The molecule has 19 heavy (non-hydrogen) atoms. The number of carbonyl (C=O) groups is 1. The summed E-state index contributed by atoms with van der Waals surface area (Å²) in [5.41, 5.74) is -0.367. The van der Waals surface area contributed by atoms with Gasteiger partial charge in [-0.2, -0.15) is 0 Å². The van der Waals surface area contributed by atoms with Crippen molar-refractivity contribution in [1.29, 1.82) is 0 Å². The van der Waals surface area contributed by atoms with Crippen LogP contribution in [0.15, 0.2) is 0 Å². The zero-order valence-electron chi connectivity index (χ0n) is 12.2. The molecule has 2 unspecified atom stereocenters. The van der Waals surface area contributed by atoms with Gasteiger partial charge in [0, 0.05) is 18.8 Å². The van der Waals surface area contributed by atoms with Crippen molar-refractivity contribution in [2.45, 2.75) is 64.1 Å². The summed E-state index contributed by atoms with van der Waals surface area (Å²) >= 11 is 0. The Balaban J connectivity index is 1.89. The molecule has 4 nitrogen and oxygen atoms in total. The van der Waals surface area contributed by atoms with Gasteiger partial charge in [-0.3, -0.25) is 4.79 Å². The maximum Gasteiger partial charge on any atom is 0.309 e. The van der Waals surface area contributed by atoms with Gasteiger partial charge in [0.25, 0.3) is 0 Å². The van der Waals surface area contributed by atoms with Crippen LogP contribution < -0.4 is 5.32 Å². The molecule has 0 aromatic carbocycles. The van der Waals surface area contributed by atoms with Crippen LogP contribution in [0.4, 0.5) is 0 Å². The van der Waals surface area contributed by atoms with Crippen molar-refractivity contribution < 1.29 is 20.0 Å². The van der Waals surface area contributed by atoms with Gasteiger partial charge in [-0.1, -0.05) is 6.42 Å². The lowest BCUT2D eigenvalue weighted by Gasteiger charge is -2.37. The molecule has 1 heterocycles. The van der Waals surface area contributed by atoms with E-state index in [9.17, 15) is 9.90 Å². The first-order valence-electron chi connectivity index (χ1n) is 7.71. The Labute approximate surface area is 115 Å². The second-order valence-electron chi connectivity index (χ2n) is 6.68. The molecule has 2 rings (SSSR count). The summed E-state index contributed by atoms with van der Waals surface area (Å²) in [6.07, 6.45) is 5.11. The minimum atomic E-state index is -0.367. The van der Waals surface area contributed by atoms with Crippen LogP contribution in [0, 0.1) is 11.8 Å². The number of quaternary nitrogens is 1. The summed E-state index contributed by atoms with van der Waals surface area (Å²) in [4.78, 5) is 12.3. The third-order valence-corrected chi connectivity index (χ3v) is 4.77. The third-order valence-electron chi connectivity index (χ3n) is 4.77. The largest absolute Gasteiger partial charge is 0.459 e. The average molecular weight is 270 g/mol. The number of ether oxygens (including phenoxy) is 1. The fraction of sp³-hybridized carbons (Fsp3) is 0.933. The lowest BCUT2D eigenvalue weighted by atomic mass is 9.82. The van der Waals surface area contributed by atoms with Gasteiger partial charge >= 0.3 is 5.97 Å². The minimum absolute atomic E-state index is 0.0988. The first-order chi connectivity index (χ1) is 8.99. The minimum Gasteiger partial charge on any atom is -0.459 e. The number of piperidine rings is 1. The predicted octanol–water partition coefficient (Wildman–Crippen LogP) is 0.833. The second kappa shape index (κ2) is 6.23. The van der Waals surface area contributed by atoms with Crippen molar-refractivity contribution in [2.24, 2.45) is 11.8 Å². The molecule has 0 aromatic heterocycles. The molecule has 3 N–H and O–H groups in total. The second-order valence-corrected chi connectivity index (χ2v) is 6.68. The Morgan fingerprint density at radius 2 is 1.89 bits per heavy atom. The summed E-state index contributed by atoms with van der Waals surface area (Å²) in [5, 5.41) is 12.0. The lowest BCUT2D eigenvalue weighted by Crippen LogP contribution is -2.86. The first kappa shape index (κ1) is 14.8. The van der Waals surface area contributed by atoms with E-state index in [0.29, 0.717) is 12.3 Å². The van der Waals surface area contributed by atoms with Gasteiger partial charge in [0.1, 0.15) is 5.60 Å². The number of aliphatic hydroxyl groups excluding tert-OH is 1. The van der Waals surface area contributed by atoms with Gasteiger partial charge in [-0.05, 0) is 33.1 Å². The van der Waals surface area contributed by atoms with Crippen LogP contribution in [0.2, 0.25) is 0 Å². The Morgan fingerprint density at radius 1 is 1.21 bits per heavy atom. The predicted molar refractivity (Wildman–Crippen MR) is 72.5 cm³/mol. The SMILES string of the molecule is CC(C)(OC(=O)C1CCCC(O)C1)C1CC[NH2+]CC1. The molecule has 0 spiro atoms. The van der Waals surface area contributed by atoms with Gasteiger partial charge in [0.15, 0.2) is 0 Å². The van der Waals surface area contributed by atoms with Crippen molar-refractivity contribution in [3.63, 3.8) is 0 Å². The summed E-state index contributed by atoms with van der Waals surface area (Å²) < 4.78 is 5.80. The molecule has 4 heteroatoms. The summed E-state index contributed by atoms with van der Waals surface area (Å²) in [7, 11) is 0. The number of nitrogens with two attached hydrogens (primary N) is 1. The number of rotatable bonds is 3. The van der Waals surface area contributed by atoms with Crippen molar-refractivity contribution in [3.8, 4) is 0 Å². The van der Waals surface area contributed by atoms with Crippen molar-refractivity contribution in [3.05, 3.63) is 0 Å². The van der Waals surface area contributed by atoms with Gasteiger partial charge in [-0.25, -0.2) is 0 Å². The summed E-state index contributed by atoms with van der Waals surface area (Å²) in [6.45, 7) is 6.35. The van der Waals surface area contributed by atoms with E-state index in [-0.39, 0.29) is 23.6 Å². The van der Waals surface area contributed by atoms with Crippen LogP contribution in [0.1, 0.15) is 52.4 Å². The number of esters is 1. The monoisotopic (exact) mass is 270 g/mol. The van der Waals surface area contributed by atoms with Crippen LogP contribution in [-0.2, 0) is 9.53 Å². The van der Waals surface area contributed by atoms with E-state index >= 15 is 0 Å². The quantitative estimate of drug-likeness (QED) is 0.747. The van der Waals surface area contributed by atoms with Crippen molar-refractivity contribution >= 4 is 5.97 Å². The fourth-order valence-electron chi connectivity index (χ4n) is 3.43. The van der Waals surface area contributed by atoms with E-state index in [1.807, 2.05) is 13.8 Å². The summed E-state index contributed by atoms with van der Waals surface area (Å²) in [6, 6.07) is 0. The van der Waals surface area contributed by atoms with Crippen LogP contribution >= 0.6 is 0 Å². The molecule has 110 valence electrons. The molecule has 1 saturated carbocycles. The molecule has 1 saturated heterocycles. The van der Waals surface area contributed by atoms with Crippen LogP contribution in [0.3, 0.4) is 0 Å². The smallest absolute Gasteiger partial charge is 0.309 e. The number of carbonyl (C=O) groups excluding carboxylic acids is 1. The van der Waals surface area contributed by atoms with Crippen LogP contribution in [0.5, 0.6) is 0 Å². The Kier molecular flexibility index (Phi) is 4.85. The van der Waals surface area contributed by atoms with E-state index in [1.165, 1.54) is 0 Å². The van der Waals surface area contributed by atoms with Gasteiger partial charge in [-0.15, -0.1) is 0 Å². The third kappa shape index (κ3) is 3.93. The van der Waals surface area contributed by atoms with E-state index in [2.05, 4.69) is 5.32 Å². The Morgan fingerprint density at radius 3 is 2.53 bits per heavy atom. The summed E-state index contributed by atoms with van der Waals surface area (Å²) in [5.74, 6) is 0.270. The molecule has 2 atom stereocenters. The highest BCUT2D eigenvalue weighted by Crippen LogP contribution is 2.31. The molecule has 0 bridgehead atoms. The van der Waals surface area contributed by atoms with Crippen LogP contribution in [-0.4, -0.2) is 35.9 Å². The standard InChI is InChI=1S/C15H27NO3/c1-15(2,12-6-8-16-9-7-12)19-14(18)11-4-3-5-13(17)10-11/h11-13,16-17H,3-10H2,1-2H3/p+1. The molecule has 1 aliphatic carbocycles. The van der Waals surface area contributed by atoms with Gasteiger partial charge < -0.3 is 15.2 Å². The van der Waals surface area contributed by atoms with Crippen molar-refractivity contribution in [1.82, 2.24) is 0 Å².